The van der Waals surface area contributed by atoms with E-state index in [1.165, 1.54) is 23.5 Å². The lowest BCUT2D eigenvalue weighted by Crippen LogP contribution is -2.19. The molecule has 0 radical (unpaired) electrons. The molecule has 9 heteroatoms. The number of hydrogen-bond acceptors (Lipinski definition) is 6. The maximum absolute atomic E-state index is 12.0. The number of carbonyl (C=O) groups is 1. The zero-order valence-electron chi connectivity index (χ0n) is 15.1. The number of nitrogens with two attached hydrogens (primary N) is 1. The summed E-state index contributed by atoms with van der Waals surface area (Å²) in [5.74, 6) is 0.336. The lowest BCUT2D eigenvalue weighted by atomic mass is 10.1. The third-order valence-corrected chi connectivity index (χ3v) is 5.66. The molecule has 0 aliphatic carbocycles. The van der Waals surface area contributed by atoms with Gasteiger partial charge >= 0.3 is 0 Å². The number of anilines is 1. The minimum atomic E-state index is -3.70. The summed E-state index contributed by atoms with van der Waals surface area (Å²) in [5.41, 5.74) is 2.03. The highest BCUT2D eigenvalue weighted by Gasteiger charge is 2.10. The molecule has 0 saturated carbocycles. The molecule has 0 atom stereocenters. The molecule has 3 N–H and O–H groups in total. The van der Waals surface area contributed by atoms with Gasteiger partial charge in [0.25, 0.3) is 5.91 Å². The standard InChI is InChI=1S/C19H19N3O4S2/c1-13-2-6-15(7-3-13)26-12-18(23)22-19-21-11-16(27-19)10-14-4-8-17(9-5-14)28(20,24)25/h2-9,11H,10,12H2,1H3,(H2,20,24,25)(H,21,22,23). The minimum absolute atomic E-state index is 0.0714. The van der Waals surface area contributed by atoms with Crippen LogP contribution in [0.1, 0.15) is 16.0 Å². The van der Waals surface area contributed by atoms with Gasteiger partial charge in [0.1, 0.15) is 5.75 Å². The monoisotopic (exact) mass is 417 g/mol. The van der Waals surface area contributed by atoms with Gasteiger partial charge < -0.3 is 4.74 Å². The molecule has 0 aliphatic heterocycles. The molecular weight excluding hydrogens is 398 g/mol. The molecule has 3 aromatic rings. The smallest absolute Gasteiger partial charge is 0.264 e. The number of primary sulfonamides is 1. The average molecular weight is 418 g/mol. The predicted molar refractivity (Wildman–Crippen MR) is 108 cm³/mol. The van der Waals surface area contributed by atoms with Gasteiger partial charge in [0.2, 0.25) is 10.0 Å². The molecule has 0 bridgehead atoms. The van der Waals surface area contributed by atoms with Crippen LogP contribution in [0.4, 0.5) is 5.13 Å². The van der Waals surface area contributed by atoms with E-state index in [1.807, 2.05) is 31.2 Å². The topological polar surface area (TPSA) is 111 Å². The number of carbonyl (C=O) groups excluding carboxylic acids is 1. The molecule has 1 aromatic heterocycles. The number of thiazole rings is 1. The summed E-state index contributed by atoms with van der Waals surface area (Å²) < 4.78 is 28.0. The van der Waals surface area contributed by atoms with Crippen molar-refractivity contribution in [3.63, 3.8) is 0 Å². The van der Waals surface area contributed by atoms with Crippen molar-refractivity contribution in [3.8, 4) is 5.75 Å². The van der Waals surface area contributed by atoms with Crippen molar-refractivity contribution in [2.75, 3.05) is 11.9 Å². The van der Waals surface area contributed by atoms with Crippen LogP contribution in [0.15, 0.2) is 59.6 Å². The molecule has 0 aliphatic rings. The molecule has 1 heterocycles. The van der Waals surface area contributed by atoms with Crippen LogP contribution in [0.25, 0.3) is 0 Å². The molecular formula is C19H19N3O4S2. The lowest BCUT2D eigenvalue weighted by Gasteiger charge is -2.05. The summed E-state index contributed by atoms with van der Waals surface area (Å²) in [6.45, 7) is 1.87. The van der Waals surface area contributed by atoms with E-state index in [-0.39, 0.29) is 17.4 Å². The van der Waals surface area contributed by atoms with Crippen molar-refractivity contribution < 1.29 is 17.9 Å². The van der Waals surface area contributed by atoms with Crippen molar-refractivity contribution in [2.24, 2.45) is 5.14 Å². The number of nitrogens with one attached hydrogen (secondary N) is 1. The number of aromatic nitrogens is 1. The Balaban J connectivity index is 1.53. The fraction of sp³-hybridized carbons (Fsp3) is 0.158. The average Bonchev–Trinajstić information content (AvgIpc) is 3.07. The number of amides is 1. The third kappa shape index (κ3) is 5.62. The number of hydrogen-bond donors (Lipinski definition) is 2. The maximum atomic E-state index is 12.0. The van der Waals surface area contributed by atoms with E-state index in [4.69, 9.17) is 9.88 Å². The van der Waals surface area contributed by atoms with Crippen LogP contribution in [0, 0.1) is 6.92 Å². The Morgan fingerprint density at radius 2 is 1.82 bits per heavy atom. The largest absolute Gasteiger partial charge is 0.484 e. The van der Waals surface area contributed by atoms with Gasteiger partial charge in [0.05, 0.1) is 4.90 Å². The molecule has 0 unspecified atom stereocenters. The number of nitrogens with zero attached hydrogens (tertiary/aromatic N) is 1. The zero-order valence-corrected chi connectivity index (χ0v) is 16.7. The zero-order chi connectivity index (χ0) is 20.1. The number of rotatable bonds is 7. The summed E-state index contributed by atoms with van der Waals surface area (Å²) in [6.07, 6.45) is 2.24. The maximum Gasteiger partial charge on any atom is 0.264 e. The minimum Gasteiger partial charge on any atom is -0.484 e. The van der Waals surface area contributed by atoms with Crippen LogP contribution >= 0.6 is 11.3 Å². The van der Waals surface area contributed by atoms with Crippen LogP contribution in [0.3, 0.4) is 0 Å². The molecule has 0 spiro atoms. The molecule has 3 rings (SSSR count). The Morgan fingerprint density at radius 1 is 1.14 bits per heavy atom. The second-order valence-electron chi connectivity index (χ2n) is 6.15. The third-order valence-electron chi connectivity index (χ3n) is 3.82. The SMILES string of the molecule is Cc1ccc(OCC(=O)Nc2ncc(Cc3ccc(S(N)(=O)=O)cc3)s2)cc1. The van der Waals surface area contributed by atoms with E-state index in [2.05, 4.69) is 10.3 Å². The van der Waals surface area contributed by atoms with Gasteiger partial charge in [-0.25, -0.2) is 18.5 Å². The van der Waals surface area contributed by atoms with E-state index >= 15 is 0 Å². The van der Waals surface area contributed by atoms with E-state index in [0.717, 1.165) is 16.0 Å². The Labute approximate surface area is 167 Å². The van der Waals surface area contributed by atoms with Gasteiger partial charge in [-0.1, -0.05) is 29.8 Å². The van der Waals surface area contributed by atoms with Gasteiger partial charge in [-0.2, -0.15) is 0 Å². The van der Waals surface area contributed by atoms with Crippen molar-refractivity contribution in [1.82, 2.24) is 4.98 Å². The Hall–Kier alpha value is -2.75. The lowest BCUT2D eigenvalue weighted by molar-refractivity contribution is -0.118. The molecule has 0 fully saturated rings. The summed E-state index contributed by atoms with van der Waals surface area (Å²) >= 11 is 1.35. The van der Waals surface area contributed by atoms with Crippen LogP contribution in [-0.4, -0.2) is 25.9 Å². The Kier molecular flexibility index (Phi) is 6.08. The molecule has 1 amide bonds. The molecule has 146 valence electrons. The van der Waals surface area contributed by atoms with Crippen molar-refractivity contribution in [2.45, 2.75) is 18.2 Å². The van der Waals surface area contributed by atoms with E-state index in [0.29, 0.717) is 17.3 Å². The highest BCUT2D eigenvalue weighted by atomic mass is 32.2. The fourth-order valence-electron chi connectivity index (χ4n) is 2.38. The molecule has 2 aromatic carbocycles. The first kappa shape index (κ1) is 20.0. The second-order valence-corrected chi connectivity index (χ2v) is 8.82. The van der Waals surface area contributed by atoms with Gasteiger partial charge in [-0.05, 0) is 36.8 Å². The number of aryl methyl sites for hydroxylation is 1. The number of sulfonamides is 1. The van der Waals surface area contributed by atoms with Gasteiger partial charge in [-0.15, -0.1) is 11.3 Å². The summed E-state index contributed by atoms with van der Waals surface area (Å²) in [4.78, 5) is 17.2. The summed E-state index contributed by atoms with van der Waals surface area (Å²) in [6, 6.07) is 13.8. The van der Waals surface area contributed by atoms with Crippen molar-refractivity contribution >= 4 is 32.4 Å². The highest BCUT2D eigenvalue weighted by molar-refractivity contribution is 7.89. The van der Waals surface area contributed by atoms with Gasteiger partial charge in [0, 0.05) is 17.5 Å². The summed E-state index contributed by atoms with van der Waals surface area (Å²) in [7, 11) is -3.70. The first-order valence-electron chi connectivity index (χ1n) is 8.35. The number of benzene rings is 2. The molecule has 7 nitrogen and oxygen atoms in total. The quantitative estimate of drug-likeness (QED) is 0.614. The van der Waals surface area contributed by atoms with Crippen LogP contribution in [0.2, 0.25) is 0 Å². The van der Waals surface area contributed by atoms with Crippen LogP contribution < -0.4 is 15.2 Å². The van der Waals surface area contributed by atoms with E-state index in [1.54, 1.807) is 18.3 Å². The van der Waals surface area contributed by atoms with Crippen molar-refractivity contribution in [3.05, 3.63) is 70.7 Å². The first-order chi connectivity index (χ1) is 13.3. The first-order valence-corrected chi connectivity index (χ1v) is 10.7. The van der Waals surface area contributed by atoms with E-state index < -0.39 is 10.0 Å². The van der Waals surface area contributed by atoms with E-state index in [9.17, 15) is 13.2 Å². The van der Waals surface area contributed by atoms with Crippen LogP contribution in [-0.2, 0) is 21.2 Å². The molecule has 0 saturated heterocycles. The fourth-order valence-corrected chi connectivity index (χ4v) is 3.76. The van der Waals surface area contributed by atoms with Crippen molar-refractivity contribution in [1.29, 1.82) is 0 Å². The predicted octanol–water partition coefficient (Wildman–Crippen LogP) is 2.71. The second kappa shape index (κ2) is 8.51. The van der Waals surface area contributed by atoms with Gasteiger partial charge in [-0.3, -0.25) is 10.1 Å². The Morgan fingerprint density at radius 3 is 2.46 bits per heavy atom. The molecule has 28 heavy (non-hydrogen) atoms. The van der Waals surface area contributed by atoms with Gasteiger partial charge in [0.15, 0.2) is 11.7 Å². The number of ether oxygens (including phenoxy) is 1. The Bertz CT molecular complexity index is 1060. The van der Waals surface area contributed by atoms with Crippen LogP contribution in [0.5, 0.6) is 5.75 Å². The summed E-state index contributed by atoms with van der Waals surface area (Å²) in [5, 5.41) is 8.28. The normalized spacial score (nSPS) is 11.2. The highest BCUT2D eigenvalue weighted by Crippen LogP contribution is 2.22.